The minimum Gasteiger partial charge on any atom is -0.496 e. The van der Waals surface area contributed by atoms with Crippen molar-refractivity contribution in [1.29, 1.82) is 0 Å². The molecule has 0 fully saturated rings. The van der Waals surface area contributed by atoms with E-state index < -0.39 is 18.1 Å². The predicted octanol–water partition coefficient (Wildman–Crippen LogP) is 2.94. The summed E-state index contributed by atoms with van der Waals surface area (Å²) >= 11 is 0. The summed E-state index contributed by atoms with van der Waals surface area (Å²) in [5.41, 5.74) is 9.83. The molecular weight excluding hydrogens is 470 g/mol. The van der Waals surface area contributed by atoms with Crippen LogP contribution in [0.4, 0.5) is 17.1 Å². The molecule has 0 bridgehead atoms. The van der Waals surface area contributed by atoms with Crippen molar-refractivity contribution in [3.8, 4) is 5.75 Å². The molecule has 0 radical (unpaired) electrons. The zero-order valence-electron chi connectivity index (χ0n) is 22.0. The number of nitrogens with two attached hydrogens (primary N) is 1. The quantitative estimate of drug-likeness (QED) is 0.475. The van der Waals surface area contributed by atoms with Crippen LogP contribution in [0.3, 0.4) is 0 Å². The Bertz CT molecular complexity index is 1240. The average molecular weight is 506 g/mol. The smallest absolute Gasteiger partial charge is 0.252 e. The van der Waals surface area contributed by atoms with E-state index in [9.17, 15) is 14.4 Å². The monoisotopic (exact) mass is 505 g/mol. The first kappa shape index (κ1) is 27.5. The van der Waals surface area contributed by atoms with Crippen LogP contribution in [0.2, 0.25) is 0 Å². The lowest BCUT2D eigenvalue weighted by atomic mass is 9.98. The lowest BCUT2D eigenvalue weighted by Crippen LogP contribution is -2.59. The van der Waals surface area contributed by atoms with Gasteiger partial charge >= 0.3 is 0 Å². The van der Waals surface area contributed by atoms with Gasteiger partial charge in [-0.2, -0.15) is 0 Å². The largest absolute Gasteiger partial charge is 0.496 e. The van der Waals surface area contributed by atoms with Crippen LogP contribution in [-0.2, 0) is 20.9 Å². The number of nitrogens with one attached hydrogen (secondary N) is 2. The normalized spacial score (nSPS) is 17.9. The molecule has 0 aromatic heterocycles. The molecule has 3 amide bonds. The maximum atomic E-state index is 14.2. The number of benzene rings is 2. The van der Waals surface area contributed by atoms with Crippen molar-refractivity contribution < 1.29 is 19.1 Å². The van der Waals surface area contributed by atoms with Crippen LogP contribution in [0.15, 0.2) is 43.5 Å². The first-order chi connectivity index (χ1) is 17.6. The Balaban J connectivity index is 2.26. The number of carbonyl (C=O) groups is 3. The molecule has 1 heterocycles. The average Bonchev–Trinajstić information content (AvgIpc) is 2.96. The third kappa shape index (κ3) is 5.22. The second-order valence-corrected chi connectivity index (χ2v) is 8.96. The van der Waals surface area contributed by atoms with E-state index in [1.54, 1.807) is 63.3 Å². The number of hydrogen-bond acceptors (Lipinski definition) is 6. The Morgan fingerprint density at radius 3 is 2.46 bits per heavy atom. The van der Waals surface area contributed by atoms with Gasteiger partial charge in [0.05, 0.1) is 37.1 Å². The van der Waals surface area contributed by atoms with Crippen molar-refractivity contribution in [2.24, 2.45) is 0 Å². The van der Waals surface area contributed by atoms with Gasteiger partial charge in [-0.05, 0) is 56.3 Å². The van der Waals surface area contributed by atoms with Gasteiger partial charge < -0.3 is 30.9 Å². The van der Waals surface area contributed by atoms with E-state index in [0.29, 0.717) is 28.4 Å². The molecule has 0 unspecified atom stereocenters. The lowest BCUT2D eigenvalue weighted by molar-refractivity contribution is -0.129. The fraction of sp³-hybridized carbons (Fsp3) is 0.321. The van der Waals surface area contributed by atoms with Gasteiger partial charge in [-0.1, -0.05) is 31.4 Å². The van der Waals surface area contributed by atoms with Crippen molar-refractivity contribution >= 4 is 46.9 Å². The Labute approximate surface area is 217 Å². The number of methoxy groups -OCH3 is 1. The fourth-order valence-corrected chi connectivity index (χ4v) is 4.63. The topological polar surface area (TPSA) is 117 Å². The summed E-state index contributed by atoms with van der Waals surface area (Å²) in [4.78, 5) is 43.1. The van der Waals surface area contributed by atoms with Gasteiger partial charge in [-0.25, -0.2) is 0 Å². The Hall–Kier alpha value is -4.11. The molecule has 9 nitrogen and oxygen atoms in total. The van der Waals surface area contributed by atoms with Crippen LogP contribution in [0, 0.1) is 0 Å². The number of amides is 3. The minimum atomic E-state index is -1.03. The highest BCUT2D eigenvalue weighted by Gasteiger charge is 2.42. The second-order valence-electron chi connectivity index (χ2n) is 8.96. The lowest BCUT2D eigenvalue weighted by Gasteiger charge is -2.32. The molecular formula is C28H35N5O4. The summed E-state index contributed by atoms with van der Waals surface area (Å²) in [6.07, 6.45) is 3.40. The standard InChI is InChI=1S/C28H35N5O4/c1-8-19-10-13-25(37-7)22(21(19)9-2)15-32-23-12-11-20(29)14-24(23)33(18(5)34)17(4)26(28(32)36)31-27(35)16(3)30-6/h8-14,16-17,26,30H,1-2,15,29H2,3-7H3,(H,31,35)/t16-,17-,26-/m0/s1. The third-order valence-electron chi connectivity index (χ3n) is 6.74. The Morgan fingerprint density at radius 2 is 1.89 bits per heavy atom. The van der Waals surface area contributed by atoms with Gasteiger partial charge in [0, 0.05) is 18.2 Å². The highest BCUT2D eigenvalue weighted by Crippen LogP contribution is 2.39. The van der Waals surface area contributed by atoms with Gasteiger partial charge in [-0.3, -0.25) is 14.4 Å². The number of fused-ring (bicyclic) bond motifs is 1. The summed E-state index contributed by atoms with van der Waals surface area (Å²) in [7, 11) is 3.21. The van der Waals surface area contributed by atoms with E-state index in [4.69, 9.17) is 10.5 Å². The van der Waals surface area contributed by atoms with E-state index in [1.807, 2.05) is 12.1 Å². The molecule has 0 saturated carbocycles. The molecule has 1 aliphatic rings. The minimum absolute atomic E-state index is 0.0916. The van der Waals surface area contributed by atoms with E-state index in [-0.39, 0.29) is 24.3 Å². The van der Waals surface area contributed by atoms with Crippen LogP contribution >= 0.6 is 0 Å². The molecule has 9 heteroatoms. The summed E-state index contributed by atoms with van der Waals surface area (Å²) < 4.78 is 5.64. The molecule has 0 saturated heterocycles. The van der Waals surface area contributed by atoms with Crippen molar-refractivity contribution in [3.05, 3.63) is 60.2 Å². The highest BCUT2D eigenvalue weighted by molar-refractivity contribution is 6.09. The summed E-state index contributed by atoms with van der Waals surface area (Å²) in [5, 5.41) is 5.73. The molecule has 3 atom stereocenters. The zero-order chi connectivity index (χ0) is 27.4. The van der Waals surface area contributed by atoms with Crippen molar-refractivity contribution in [2.75, 3.05) is 29.7 Å². The highest BCUT2D eigenvalue weighted by atomic mass is 16.5. The maximum absolute atomic E-state index is 14.2. The number of nitrogen functional groups attached to an aromatic ring is 1. The van der Waals surface area contributed by atoms with Gasteiger partial charge in [0.25, 0.3) is 5.91 Å². The Kier molecular flexibility index (Phi) is 8.39. The van der Waals surface area contributed by atoms with Crippen LogP contribution in [0.5, 0.6) is 5.75 Å². The number of ether oxygens (including phenoxy) is 1. The molecule has 3 rings (SSSR count). The van der Waals surface area contributed by atoms with Crippen LogP contribution in [0.1, 0.15) is 37.5 Å². The van der Waals surface area contributed by atoms with Gasteiger partial charge in [0.2, 0.25) is 11.8 Å². The fourth-order valence-electron chi connectivity index (χ4n) is 4.63. The second kappa shape index (κ2) is 11.3. The summed E-state index contributed by atoms with van der Waals surface area (Å²) in [5.74, 6) is -0.456. The molecule has 4 N–H and O–H groups in total. The molecule has 196 valence electrons. The third-order valence-corrected chi connectivity index (χ3v) is 6.74. The van der Waals surface area contributed by atoms with E-state index >= 15 is 0 Å². The molecule has 1 aliphatic heterocycles. The van der Waals surface area contributed by atoms with E-state index in [0.717, 1.165) is 11.1 Å². The van der Waals surface area contributed by atoms with Crippen LogP contribution < -0.4 is 30.9 Å². The van der Waals surface area contributed by atoms with Crippen LogP contribution in [0.25, 0.3) is 12.2 Å². The predicted molar refractivity (Wildman–Crippen MR) is 148 cm³/mol. The molecule has 2 aromatic rings. The van der Waals surface area contributed by atoms with Gasteiger partial charge in [0.1, 0.15) is 11.8 Å². The Morgan fingerprint density at radius 1 is 1.19 bits per heavy atom. The summed E-state index contributed by atoms with van der Waals surface area (Å²) in [6.45, 7) is 12.8. The van der Waals surface area contributed by atoms with Crippen LogP contribution in [-0.4, -0.2) is 50.0 Å². The first-order valence-electron chi connectivity index (χ1n) is 12.0. The number of anilines is 3. The molecule has 2 aromatic carbocycles. The zero-order valence-corrected chi connectivity index (χ0v) is 22.0. The van der Waals surface area contributed by atoms with Crippen molar-refractivity contribution in [2.45, 2.75) is 45.4 Å². The van der Waals surface area contributed by atoms with E-state index in [2.05, 4.69) is 23.8 Å². The van der Waals surface area contributed by atoms with Gasteiger partial charge in [-0.15, -0.1) is 0 Å². The number of nitrogens with zero attached hydrogens (tertiary/aromatic N) is 2. The molecule has 37 heavy (non-hydrogen) atoms. The van der Waals surface area contributed by atoms with Crippen molar-refractivity contribution in [3.63, 3.8) is 0 Å². The maximum Gasteiger partial charge on any atom is 0.252 e. The number of rotatable bonds is 8. The first-order valence-corrected chi connectivity index (χ1v) is 12.0. The number of hydrogen-bond donors (Lipinski definition) is 3. The SMILES string of the molecule is C=Cc1ccc(OC)c(CN2C(=O)[C@@H](NC(=O)[C@H](C)NC)[C@H](C)N(C(C)=O)c3cc(N)ccc32)c1C=C. The molecule has 0 spiro atoms. The molecule has 0 aliphatic carbocycles. The number of likely N-dealkylation sites (N-methyl/N-ethyl adjacent to an activating group) is 1. The van der Waals surface area contributed by atoms with Crippen molar-refractivity contribution in [1.82, 2.24) is 10.6 Å². The number of carbonyl (C=O) groups excluding carboxylic acids is 3. The van der Waals surface area contributed by atoms with E-state index in [1.165, 1.54) is 11.8 Å². The summed E-state index contributed by atoms with van der Waals surface area (Å²) in [6, 6.07) is 6.47. The van der Waals surface area contributed by atoms with Gasteiger partial charge in [0.15, 0.2) is 0 Å².